The molecule has 0 saturated heterocycles. The molecule has 78 valence electrons. The maximum atomic E-state index is 10.8. The van der Waals surface area contributed by atoms with Gasteiger partial charge in [-0.15, -0.1) is 0 Å². The lowest BCUT2D eigenvalue weighted by Gasteiger charge is -2.01. The quantitative estimate of drug-likeness (QED) is 0.847. The monoisotopic (exact) mass is 221 g/mol. The molecule has 0 atom stereocenters. The molecular formula is C11H11NO2S. The first kappa shape index (κ1) is 10.1. The topological polar surface area (TPSA) is 50.2 Å². The number of hydrogen-bond donors (Lipinski definition) is 1. The highest BCUT2D eigenvalue weighted by Crippen LogP contribution is 2.29. The Bertz CT molecular complexity index is 516. The van der Waals surface area contributed by atoms with Gasteiger partial charge in [-0.1, -0.05) is 13.8 Å². The largest absolute Gasteiger partial charge is 0.478 e. The average molecular weight is 221 g/mol. The molecule has 4 heteroatoms. The molecule has 0 radical (unpaired) electrons. The number of benzene rings is 1. The molecule has 0 aliphatic heterocycles. The summed E-state index contributed by atoms with van der Waals surface area (Å²) in [6.07, 6.45) is 0. The van der Waals surface area contributed by atoms with E-state index in [1.165, 1.54) is 11.5 Å². The van der Waals surface area contributed by atoms with E-state index in [9.17, 15) is 4.79 Å². The molecule has 0 fully saturated rings. The molecule has 0 unspecified atom stereocenters. The summed E-state index contributed by atoms with van der Waals surface area (Å²) in [5.74, 6) is -0.512. The number of nitrogens with zero attached hydrogens (tertiary/aromatic N) is 1. The summed E-state index contributed by atoms with van der Waals surface area (Å²) in [6.45, 7) is 4.17. The molecule has 0 amide bonds. The van der Waals surface area contributed by atoms with Crippen molar-refractivity contribution in [3.63, 3.8) is 0 Å². The second kappa shape index (κ2) is 3.62. The van der Waals surface area contributed by atoms with Crippen molar-refractivity contribution >= 4 is 28.4 Å². The Labute approximate surface area is 91.5 Å². The molecule has 0 aliphatic carbocycles. The fourth-order valence-corrected chi connectivity index (χ4v) is 2.34. The van der Waals surface area contributed by atoms with Crippen LogP contribution in [0.1, 0.15) is 35.0 Å². The number of aromatic nitrogens is 1. The van der Waals surface area contributed by atoms with Crippen LogP contribution in [0.3, 0.4) is 0 Å². The van der Waals surface area contributed by atoms with Gasteiger partial charge in [-0.25, -0.2) is 4.79 Å². The van der Waals surface area contributed by atoms with E-state index in [2.05, 4.69) is 18.2 Å². The Morgan fingerprint density at radius 3 is 2.80 bits per heavy atom. The van der Waals surface area contributed by atoms with Crippen molar-refractivity contribution in [3.8, 4) is 0 Å². The number of hydrogen-bond acceptors (Lipinski definition) is 3. The third-order valence-corrected chi connectivity index (χ3v) is 3.45. The van der Waals surface area contributed by atoms with Crippen LogP contribution in [0.25, 0.3) is 10.9 Å². The summed E-state index contributed by atoms with van der Waals surface area (Å²) in [4.78, 5) is 12.0. The van der Waals surface area contributed by atoms with Crippen LogP contribution in [0.5, 0.6) is 0 Å². The summed E-state index contributed by atoms with van der Waals surface area (Å²) in [6, 6.07) is 5.06. The normalized spacial score (nSPS) is 11.1. The van der Waals surface area contributed by atoms with Gasteiger partial charge in [0.1, 0.15) is 0 Å². The van der Waals surface area contributed by atoms with Gasteiger partial charge in [-0.3, -0.25) is 0 Å². The van der Waals surface area contributed by atoms with Crippen LogP contribution in [0.2, 0.25) is 0 Å². The standard InChI is InChI=1S/C11H11NO2S/c1-6(2)10-8-5-7(11(13)14)3-4-9(8)12-15-10/h3-6H,1-2H3,(H,13,14). The Kier molecular flexibility index (Phi) is 2.44. The lowest BCUT2D eigenvalue weighted by molar-refractivity contribution is 0.0697. The molecule has 1 heterocycles. The zero-order valence-electron chi connectivity index (χ0n) is 8.52. The minimum atomic E-state index is -0.891. The highest BCUT2D eigenvalue weighted by Gasteiger charge is 2.11. The molecule has 15 heavy (non-hydrogen) atoms. The molecule has 0 saturated carbocycles. The summed E-state index contributed by atoms with van der Waals surface area (Å²) in [5.41, 5.74) is 1.21. The van der Waals surface area contributed by atoms with Gasteiger partial charge in [0.05, 0.1) is 11.1 Å². The van der Waals surface area contributed by atoms with Gasteiger partial charge in [0, 0.05) is 10.3 Å². The van der Waals surface area contributed by atoms with E-state index in [1.807, 2.05) is 0 Å². The zero-order chi connectivity index (χ0) is 11.0. The molecular weight excluding hydrogens is 210 g/mol. The van der Waals surface area contributed by atoms with E-state index >= 15 is 0 Å². The summed E-state index contributed by atoms with van der Waals surface area (Å²) in [7, 11) is 0. The molecule has 0 spiro atoms. The van der Waals surface area contributed by atoms with Crippen molar-refractivity contribution in [1.82, 2.24) is 4.37 Å². The third kappa shape index (κ3) is 1.72. The van der Waals surface area contributed by atoms with Crippen molar-refractivity contribution in [2.75, 3.05) is 0 Å². The van der Waals surface area contributed by atoms with E-state index in [4.69, 9.17) is 5.11 Å². The predicted octanol–water partition coefficient (Wildman–Crippen LogP) is 3.12. The number of carbonyl (C=O) groups is 1. The lowest BCUT2D eigenvalue weighted by Crippen LogP contribution is -1.95. The summed E-state index contributed by atoms with van der Waals surface area (Å²) in [5, 5.41) is 9.86. The summed E-state index contributed by atoms with van der Waals surface area (Å²) < 4.78 is 4.29. The maximum Gasteiger partial charge on any atom is 0.335 e. The maximum absolute atomic E-state index is 10.8. The molecule has 2 rings (SSSR count). The van der Waals surface area contributed by atoms with Crippen LogP contribution in [0.4, 0.5) is 0 Å². The highest BCUT2D eigenvalue weighted by molar-refractivity contribution is 7.07. The van der Waals surface area contributed by atoms with Gasteiger partial charge in [-0.2, -0.15) is 4.37 Å². The first-order chi connectivity index (χ1) is 7.09. The second-order valence-electron chi connectivity index (χ2n) is 3.74. The van der Waals surface area contributed by atoms with E-state index in [1.54, 1.807) is 18.2 Å². The van der Waals surface area contributed by atoms with Crippen LogP contribution in [0.15, 0.2) is 18.2 Å². The first-order valence-electron chi connectivity index (χ1n) is 4.72. The number of rotatable bonds is 2. The molecule has 1 N–H and O–H groups in total. The number of carboxylic acids is 1. The minimum Gasteiger partial charge on any atom is -0.478 e. The molecule has 0 bridgehead atoms. The first-order valence-corrected chi connectivity index (χ1v) is 5.49. The third-order valence-electron chi connectivity index (χ3n) is 2.28. The van der Waals surface area contributed by atoms with Crippen LogP contribution >= 0.6 is 11.5 Å². The Hall–Kier alpha value is -1.42. The minimum absolute atomic E-state index is 0.324. The molecule has 1 aromatic carbocycles. The number of fused-ring (bicyclic) bond motifs is 1. The Balaban J connectivity index is 2.66. The molecule has 3 nitrogen and oxygen atoms in total. The molecule has 2 aromatic rings. The number of aromatic carboxylic acids is 1. The van der Waals surface area contributed by atoms with Crippen LogP contribution < -0.4 is 0 Å². The average Bonchev–Trinajstić information content (AvgIpc) is 2.59. The van der Waals surface area contributed by atoms with E-state index in [0.717, 1.165) is 15.8 Å². The smallest absolute Gasteiger partial charge is 0.335 e. The SMILES string of the molecule is CC(C)c1snc2ccc(C(=O)O)cc12. The van der Waals surface area contributed by atoms with Crippen LogP contribution in [-0.4, -0.2) is 15.4 Å². The van der Waals surface area contributed by atoms with Crippen LogP contribution in [0, 0.1) is 0 Å². The summed E-state index contributed by atoms with van der Waals surface area (Å²) >= 11 is 1.45. The van der Waals surface area contributed by atoms with E-state index < -0.39 is 5.97 Å². The van der Waals surface area contributed by atoms with Crippen molar-refractivity contribution in [2.45, 2.75) is 19.8 Å². The fraction of sp³-hybridized carbons (Fsp3) is 0.273. The lowest BCUT2D eigenvalue weighted by atomic mass is 10.1. The second-order valence-corrected chi connectivity index (χ2v) is 4.54. The zero-order valence-corrected chi connectivity index (χ0v) is 9.34. The van der Waals surface area contributed by atoms with Crippen LogP contribution in [-0.2, 0) is 0 Å². The van der Waals surface area contributed by atoms with Crippen molar-refractivity contribution in [2.24, 2.45) is 0 Å². The highest BCUT2D eigenvalue weighted by atomic mass is 32.1. The Morgan fingerprint density at radius 2 is 2.20 bits per heavy atom. The van der Waals surface area contributed by atoms with Crippen molar-refractivity contribution in [3.05, 3.63) is 28.6 Å². The van der Waals surface area contributed by atoms with Crippen molar-refractivity contribution in [1.29, 1.82) is 0 Å². The van der Waals surface area contributed by atoms with Gasteiger partial charge in [0.2, 0.25) is 0 Å². The fourth-order valence-electron chi connectivity index (χ4n) is 1.51. The van der Waals surface area contributed by atoms with E-state index in [-0.39, 0.29) is 0 Å². The van der Waals surface area contributed by atoms with Gasteiger partial charge in [0.25, 0.3) is 0 Å². The Morgan fingerprint density at radius 1 is 1.47 bits per heavy atom. The van der Waals surface area contributed by atoms with E-state index in [0.29, 0.717) is 11.5 Å². The molecule has 0 aliphatic rings. The van der Waals surface area contributed by atoms with Gasteiger partial charge >= 0.3 is 5.97 Å². The van der Waals surface area contributed by atoms with Gasteiger partial charge < -0.3 is 5.11 Å². The molecule has 1 aromatic heterocycles. The van der Waals surface area contributed by atoms with Gasteiger partial charge in [-0.05, 0) is 35.6 Å². The van der Waals surface area contributed by atoms with Gasteiger partial charge in [0.15, 0.2) is 0 Å². The number of carboxylic acid groups (broad SMARTS) is 1. The van der Waals surface area contributed by atoms with Crippen molar-refractivity contribution < 1.29 is 9.90 Å². The predicted molar refractivity (Wildman–Crippen MR) is 60.7 cm³/mol.